The maximum Gasteiger partial charge on any atom is 0.134 e. The third-order valence-electron chi connectivity index (χ3n) is 3.71. The Morgan fingerprint density at radius 3 is 2.55 bits per heavy atom. The molecule has 2 aromatic carbocycles. The molecule has 20 heavy (non-hydrogen) atoms. The van der Waals surface area contributed by atoms with Crippen LogP contribution in [-0.4, -0.2) is 0 Å². The third kappa shape index (κ3) is 2.61. The fraction of sp³-hybridized carbons (Fsp3) is 0.222. The van der Waals surface area contributed by atoms with E-state index >= 15 is 0 Å². The number of furan rings is 1. The van der Waals surface area contributed by atoms with Gasteiger partial charge in [-0.2, -0.15) is 0 Å². The Labute approximate surface area is 119 Å². The maximum absolute atomic E-state index is 5.58. The molecule has 0 saturated carbocycles. The van der Waals surface area contributed by atoms with Gasteiger partial charge in [-0.3, -0.25) is 0 Å². The van der Waals surface area contributed by atoms with Crippen molar-refractivity contribution < 1.29 is 4.42 Å². The molecule has 0 saturated heterocycles. The Hall–Kier alpha value is -2.06. The van der Waals surface area contributed by atoms with E-state index in [2.05, 4.69) is 54.7 Å². The van der Waals surface area contributed by atoms with Gasteiger partial charge in [0.1, 0.15) is 5.58 Å². The summed E-state index contributed by atoms with van der Waals surface area (Å²) in [5, 5.41) is 4.82. The highest BCUT2D eigenvalue weighted by molar-refractivity contribution is 5.80. The molecule has 1 heterocycles. The lowest BCUT2D eigenvalue weighted by Gasteiger charge is -2.17. The monoisotopic (exact) mass is 265 g/mol. The summed E-state index contributed by atoms with van der Waals surface area (Å²) in [6, 6.07) is 19.1. The molecule has 2 nitrogen and oxygen atoms in total. The van der Waals surface area contributed by atoms with Crippen LogP contribution in [-0.2, 0) is 6.54 Å². The Kier molecular flexibility index (Phi) is 3.84. The molecule has 1 atom stereocenters. The van der Waals surface area contributed by atoms with Crippen LogP contribution < -0.4 is 5.32 Å². The second kappa shape index (κ2) is 5.93. The smallest absolute Gasteiger partial charge is 0.134 e. The lowest BCUT2D eigenvalue weighted by Crippen LogP contribution is -2.20. The number of rotatable bonds is 5. The average molecular weight is 265 g/mol. The van der Waals surface area contributed by atoms with Gasteiger partial charge in [-0.15, -0.1) is 0 Å². The van der Waals surface area contributed by atoms with Crippen LogP contribution in [0.4, 0.5) is 0 Å². The van der Waals surface area contributed by atoms with Crippen molar-refractivity contribution in [3.63, 3.8) is 0 Å². The van der Waals surface area contributed by atoms with Gasteiger partial charge in [0, 0.05) is 23.5 Å². The second-order valence-electron chi connectivity index (χ2n) is 5.01. The van der Waals surface area contributed by atoms with E-state index in [9.17, 15) is 0 Å². The fourth-order valence-electron chi connectivity index (χ4n) is 2.59. The first-order valence-corrected chi connectivity index (χ1v) is 7.12. The summed E-state index contributed by atoms with van der Waals surface area (Å²) in [4.78, 5) is 0. The topological polar surface area (TPSA) is 25.2 Å². The molecular formula is C18H19NO. The van der Waals surface area contributed by atoms with Crippen LogP contribution in [0.15, 0.2) is 65.3 Å². The molecular weight excluding hydrogens is 246 g/mol. The summed E-state index contributed by atoms with van der Waals surface area (Å²) >= 11 is 0. The number of hydrogen-bond donors (Lipinski definition) is 1. The van der Waals surface area contributed by atoms with Crippen molar-refractivity contribution >= 4 is 11.0 Å². The molecule has 1 N–H and O–H groups in total. The summed E-state index contributed by atoms with van der Waals surface area (Å²) in [5.74, 6) is 0. The van der Waals surface area contributed by atoms with E-state index in [0.29, 0.717) is 6.04 Å². The molecule has 1 unspecified atom stereocenters. The van der Waals surface area contributed by atoms with Crippen molar-refractivity contribution in [2.45, 2.75) is 25.9 Å². The first-order valence-electron chi connectivity index (χ1n) is 7.12. The van der Waals surface area contributed by atoms with E-state index in [1.807, 2.05) is 18.4 Å². The average Bonchev–Trinajstić information content (AvgIpc) is 2.92. The van der Waals surface area contributed by atoms with Crippen molar-refractivity contribution in [1.82, 2.24) is 5.32 Å². The standard InChI is InChI=1S/C18H19NO/c1-2-17(14-8-4-3-5-9-14)19-12-15-13-20-18-11-7-6-10-16(15)18/h3-11,13,17,19H,2,12H2,1H3. The highest BCUT2D eigenvalue weighted by Gasteiger charge is 2.10. The molecule has 1 aromatic heterocycles. The zero-order chi connectivity index (χ0) is 13.8. The van der Waals surface area contributed by atoms with Gasteiger partial charge in [0.2, 0.25) is 0 Å². The first-order chi connectivity index (χ1) is 9.88. The molecule has 0 aliphatic heterocycles. The second-order valence-corrected chi connectivity index (χ2v) is 5.01. The minimum Gasteiger partial charge on any atom is -0.464 e. The number of fused-ring (bicyclic) bond motifs is 1. The lowest BCUT2D eigenvalue weighted by molar-refractivity contribution is 0.515. The number of hydrogen-bond acceptors (Lipinski definition) is 2. The van der Waals surface area contributed by atoms with E-state index in [1.54, 1.807) is 0 Å². The minimum absolute atomic E-state index is 0.380. The van der Waals surface area contributed by atoms with Crippen LogP contribution in [0.25, 0.3) is 11.0 Å². The van der Waals surface area contributed by atoms with E-state index < -0.39 is 0 Å². The van der Waals surface area contributed by atoms with Crippen LogP contribution in [0.1, 0.15) is 30.5 Å². The molecule has 0 aliphatic rings. The summed E-state index contributed by atoms with van der Waals surface area (Å²) < 4.78 is 5.58. The normalized spacial score (nSPS) is 12.7. The Balaban J connectivity index is 1.75. The zero-order valence-electron chi connectivity index (χ0n) is 11.7. The van der Waals surface area contributed by atoms with Gasteiger partial charge in [0.05, 0.1) is 6.26 Å². The SMILES string of the molecule is CCC(NCc1coc2ccccc12)c1ccccc1. The van der Waals surface area contributed by atoms with E-state index in [-0.39, 0.29) is 0 Å². The molecule has 0 bridgehead atoms. The van der Waals surface area contributed by atoms with Gasteiger partial charge in [-0.05, 0) is 18.1 Å². The Morgan fingerprint density at radius 1 is 1.00 bits per heavy atom. The van der Waals surface area contributed by atoms with Crippen LogP contribution in [0.3, 0.4) is 0 Å². The minimum atomic E-state index is 0.380. The van der Waals surface area contributed by atoms with E-state index in [1.165, 1.54) is 16.5 Å². The van der Waals surface area contributed by atoms with Gasteiger partial charge in [-0.1, -0.05) is 55.5 Å². The van der Waals surface area contributed by atoms with Crippen LogP contribution in [0, 0.1) is 0 Å². The van der Waals surface area contributed by atoms with Gasteiger partial charge in [0.25, 0.3) is 0 Å². The van der Waals surface area contributed by atoms with E-state index in [4.69, 9.17) is 4.42 Å². The predicted molar refractivity (Wildman–Crippen MR) is 82.5 cm³/mol. The molecule has 0 fully saturated rings. The molecule has 3 rings (SSSR count). The highest BCUT2D eigenvalue weighted by atomic mass is 16.3. The number of benzene rings is 2. The third-order valence-corrected chi connectivity index (χ3v) is 3.71. The predicted octanol–water partition coefficient (Wildman–Crippen LogP) is 4.67. The van der Waals surface area contributed by atoms with Gasteiger partial charge in [-0.25, -0.2) is 0 Å². The fourth-order valence-corrected chi connectivity index (χ4v) is 2.59. The molecule has 0 amide bonds. The molecule has 3 aromatic rings. The molecule has 0 radical (unpaired) electrons. The quantitative estimate of drug-likeness (QED) is 0.725. The Bertz CT molecular complexity index is 672. The van der Waals surface area contributed by atoms with Crippen molar-refractivity contribution in [2.24, 2.45) is 0 Å². The molecule has 2 heteroatoms. The zero-order valence-corrected chi connectivity index (χ0v) is 11.7. The summed E-state index contributed by atoms with van der Waals surface area (Å²) in [5.41, 5.74) is 3.51. The van der Waals surface area contributed by atoms with Crippen molar-refractivity contribution in [1.29, 1.82) is 0 Å². The van der Waals surface area contributed by atoms with Crippen LogP contribution in [0.5, 0.6) is 0 Å². The summed E-state index contributed by atoms with van der Waals surface area (Å²) in [7, 11) is 0. The van der Waals surface area contributed by atoms with Crippen molar-refractivity contribution in [3.8, 4) is 0 Å². The lowest BCUT2D eigenvalue weighted by atomic mass is 10.0. The number of para-hydroxylation sites is 1. The van der Waals surface area contributed by atoms with Crippen LogP contribution in [0.2, 0.25) is 0 Å². The Morgan fingerprint density at radius 2 is 1.75 bits per heavy atom. The highest BCUT2D eigenvalue weighted by Crippen LogP contribution is 2.22. The molecule has 0 aliphatic carbocycles. The maximum atomic E-state index is 5.58. The van der Waals surface area contributed by atoms with Gasteiger partial charge >= 0.3 is 0 Å². The van der Waals surface area contributed by atoms with Gasteiger partial charge in [0.15, 0.2) is 0 Å². The van der Waals surface area contributed by atoms with Crippen LogP contribution >= 0.6 is 0 Å². The largest absolute Gasteiger partial charge is 0.464 e. The summed E-state index contributed by atoms with van der Waals surface area (Å²) in [6.45, 7) is 3.03. The summed E-state index contributed by atoms with van der Waals surface area (Å²) in [6.07, 6.45) is 2.93. The first kappa shape index (κ1) is 12.9. The molecule has 102 valence electrons. The number of nitrogens with one attached hydrogen (secondary N) is 1. The van der Waals surface area contributed by atoms with E-state index in [0.717, 1.165) is 18.5 Å². The molecule has 0 spiro atoms. The van der Waals surface area contributed by atoms with Crippen molar-refractivity contribution in [2.75, 3.05) is 0 Å². The van der Waals surface area contributed by atoms with Crippen molar-refractivity contribution in [3.05, 3.63) is 72.0 Å². The van der Waals surface area contributed by atoms with Gasteiger partial charge < -0.3 is 9.73 Å².